The third kappa shape index (κ3) is 2.14. The van der Waals surface area contributed by atoms with Crippen LogP contribution in [0.3, 0.4) is 0 Å². The number of aryl methyl sites for hydroxylation is 2. The molecule has 3 rings (SSSR count). The lowest BCUT2D eigenvalue weighted by Gasteiger charge is -2.27. The Hall–Kier alpha value is -2.12. The van der Waals surface area contributed by atoms with Crippen LogP contribution in [-0.2, 0) is 26.3 Å². The molecule has 108 valence electrons. The molecule has 0 aliphatic heterocycles. The highest BCUT2D eigenvalue weighted by Crippen LogP contribution is 2.46. The van der Waals surface area contributed by atoms with Gasteiger partial charge in [0.1, 0.15) is 6.10 Å². The second-order valence-electron chi connectivity index (χ2n) is 5.85. The summed E-state index contributed by atoms with van der Waals surface area (Å²) in [6, 6.07) is 10.5. The van der Waals surface area contributed by atoms with E-state index in [4.69, 9.17) is 0 Å². The largest absolute Gasteiger partial charge is 0.387 e. The third-order valence-electron chi connectivity index (χ3n) is 4.44. The highest BCUT2D eigenvalue weighted by Gasteiger charge is 2.45. The van der Waals surface area contributed by atoms with Crippen LogP contribution in [0, 0.1) is 16.7 Å². The van der Waals surface area contributed by atoms with Gasteiger partial charge < -0.3 is 5.11 Å². The first kappa shape index (κ1) is 13.8. The van der Waals surface area contributed by atoms with Gasteiger partial charge in [-0.25, -0.2) is 0 Å². The van der Waals surface area contributed by atoms with Crippen LogP contribution in [-0.4, -0.2) is 14.9 Å². The lowest BCUT2D eigenvalue weighted by molar-refractivity contribution is 0.0685. The summed E-state index contributed by atoms with van der Waals surface area (Å²) in [4.78, 5) is 0. The second kappa shape index (κ2) is 5.01. The van der Waals surface area contributed by atoms with Crippen molar-refractivity contribution in [2.45, 2.75) is 32.3 Å². The van der Waals surface area contributed by atoms with E-state index in [9.17, 15) is 10.4 Å². The molecule has 0 bridgehead atoms. The first-order valence-corrected chi connectivity index (χ1v) is 7.28. The molecule has 1 heterocycles. The molecule has 4 heteroatoms. The van der Waals surface area contributed by atoms with Gasteiger partial charge in [-0.15, -0.1) is 0 Å². The molecule has 0 saturated heterocycles. The fraction of sp³-hybridized carbons (Fsp3) is 0.412. The van der Waals surface area contributed by atoms with E-state index in [1.165, 1.54) is 11.1 Å². The summed E-state index contributed by atoms with van der Waals surface area (Å²) in [6.07, 6.45) is 2.98. The number of aliphatic hydroxyl groups excluding tert-OH is 1. The first-order valence-electron chi connectivity index (χ1n) is 7.28. The summed E-state index contributed by atoms with van der Waals surface area (Å²) < 4.78 is 1.71. The maximum Gasteiger partial charge on any atom is 0.102 e. The molecular weight excluding hydrogens is 262 g/mol. The predicted molar refractivity (Wildman–Crippen MR) is 79.4 cm³/mol. The van der Waals surface area contributed by atoms with Gasteiger partial charge in [-0.05, 0) is 30.4 Å². The van der Waals surface area contributed by atoms with Crippen molar-refractivity contribution in [1.82, 2.24) is 9.78 Å². The zero-order chi connectivity index (χ0) is 15.0. The smallest absolute Gasteiger partial charge is 0.102 e. The van der Waals surface area contributed by atoms with E-state index in [1.54, 1.807) is 4.68 Å². The number of hydrogen-bond acceptors (Lipinski definition) is 3. The third-order valence-corrected chi connectivity index (χ3v) is 4.44. The van der Waals surface area contributed by atoms with Crippen LogP contribution in [0.25, 0.3) is 0 Å². The highest BCUT2D eigenvalue weighted by atomic mass is 16.3. The van der Waals surface area contributed by atoms with Gasteiger partial charge in [0.05, 0.1) is 17.2 Å². The average molecular weight is 281 g/mol. The number of rotatable bonds is 3. The Bertz CT molecular complexity index is 686. The van der Waals surface area contributed by atoms with E-state index < -0.39 is 11.5 Å². The molecule has 0 spiro atoms. The van der Waals surface area contributed by atoms with Crippen molar-refractivity contribution in [1.29, 1.82) is 5.26 Å². The van der Waals surface area contributed by atoms with Gasteiger partial charge in [0.2, 0.25) is 0 Å². The molecule has 1 aliphatic carbocycles. The molecule has 1 aromatic carbocycles. The van der Waals surface area contributed by atoms with Gasteiger partial charge in [-0.1, -0.05) is 31.2 Å². The fourth-order valence-corrected chi connectivity index (χ4v) is 3.33. The molecule has 1 aromatic heterocycles. The van der Waals surface area contributed by atoms with E-state index in [-0.39, 0.29) is 0 Å². The zero-order valence-corrected chi connectivity index (χ0v) is 12.4. The van der Waals surface area contributed by atoms with Crippen molar-refractivity contribution in [2.24, 2.45) is 12.5 Å². The van der Waals surface area contributed by atoms with Gasteiger partial charge in [0, 0.05) is 18.8 Å². The Kier molecular flexibility index (Phi) is 3.30. The fourth-order valence-electron chi connectivity index (χ4n) is 3.33. The number of fused-ring (bicyclic) bond motifs is 1. The normalized spacial score (nSPS) is 17.2. The van der Waals surface area contributed by atoms with Crippen molar-refractivity contribution >= 4 is 0 Å². The summed E-state index contributed by atoms with van der Waals surface area (Å²) in [6.45, 7) is 2.01. The van der Waals surface area contributed by atoms with Gasteiger partial charge in [-0.3, -0.25) is 4.68 Å². The second-order valence-corrected chi connectivity index (χ2v) is 5.85. The topological polar surface area (TPSA) is 61.8 Å². The quantitative estimate of drug-likeness (QED) is 0.939. The average Bonchev–Trinajstić information content (AvgIpc) is 3.07. The van der Waals surface area contributed by atoms with Crippen molar-refractivity contribution < 1.29 is 5.11 Å². The molecule has 1 aliphatic rings. The van der Waals surface area contributed by atoms with Gasteiger partial charge >= 0.3 is 0 Å². The van der Waals surface area contributed by atoms with Crippen LogP contribution in [0.2, 0.25) is 0 Å². The predicted octanol–water partition coefficient (Wildman–Crippen LogP) is 2.32. The minimum atomic E-state index is -0.807. The van der Waals surface area contributed by atoms with Gasteiger partial charge in [-0.2, -0.15) is 10.4 Å². The van der Waals surface area contributed by atoms with Crippen LogP contribution in [0.1, 0.15) is 35.4 Å². The van der Waals surface area contributed by atoms with Crippen LogP contribution >= 0.6 is 0 Å². The minimum Gasteiger partial charge on any atom is -0.387 e. The van der Waals surface area contributed by atoms with E-state index >= 15 is 0 Å². The van der Waals surface area contributed by atoms with Crippen LogP contribution in [0.4, 0.5) is 0 Å². The van der Waals surface area contributed by atoms with E-state index in [0.29, 0.717) is 12.8 Å². The molecule has 21 heavy (non-hydrogen) atoms. The van der Waals surface area contributed by atoms with Crippen LogP contribution in [0.5, 0.6) is 0 Å². The van der Waals surface area contributed by atoms with E-state index in [2.05, 4.69) is 11.2 Å². The number of aliphatic hydroxyl groups is 1. The molecule has 0 fully saturated rings. The summed E-state index contributed by atoms with van der Waals surface area (Å²) in [7, 11) is 1.85. The number of nitriles is 1. The molecule has 1 unspecified atom stereocenters. The maximum absolute atomic E-state index is 10.9. The molecular formula is C17H19N3O. The molecule has 2 aromatic rings. The Morgan fingerprint density at radius 1 is 1.38 bits per heavy atom. The minimum absolute atomic E-state index is 0.596. The lowest BCUT2D eigenvalue weighted by atomic mass is 9.77. The summed E-state index contributed by atoms with van der Waals surface area (Å²) in [5.74, 6) is 0. The Labute approximate surface area is 124 Å². The van der Waals surface area contributed by atoms with Gasteiger partial charge in [0.25, 0.3) is 0 Å². The Morgan fingerprint density at radius 3 is 2.52 bits per heavy atom. The molecule has 4 nitrogen and oxygen atoms in total. The molecule has 1 atom stereocenters. The molecule has 0 radical (unpaired) electrons. The van der Waals surface area contributed by atoms with E-state index in [1.807, 2.05) is 44.4 Å². The maximum atomic E-state index is 10.9. The van der Waals surface area contributed by atoms with E-state index in [0.717, 1.165) is 17.7 Å². The summed E-state index contributed by atoms with van der Waals surface area (Å²) in [5, 5.41) is 25.0. The lowest BCUT2D eigenvalue weighted by Crippen LogP contribution is -2.28. The van der Waals surface area contributed by atoms with Crippen molar-refractivity contribution in [3.8, 4) is 6.07 Å². The Balaban J connectivity index is 2.00. The van der Waals surface area contributed by atoms with Crippen LogP contribution < -0.4 is 0 Å². The number of nitrogens with zero attached hydrogens (tertiary/aromatic N) is 3. The van der Waals surface area contributed by atoms with Crippen molar-refractivity contribution in [2.75, 3.05) is 0 Å². The molecule has 0 amide bonds. The number of aromatic nitrogens is 2. The summed E-state index contributed by atoms with van der Waals surface area (Å²) in [5.41, 5.74) is 3.21. The highest BCUT2D eigenvalue weighted by molar-refractivity contribution is 5.40. The van der Waals surface area contributed by atoms with Crippen LogP contribution in [0.15, 0.2) is 30.5 Å². The van der Waals surface area contributed by atoms with Crippen molar-refractivity contribution in [3.05, 3.63) is 52.8 Å². The molecule has 0 saturated carbocycles. The monoisotopic (exact) mass is 281 g/mol. The number of hydrogen-bond donors (Lipinski definition) is 1. The van der Waals surface area contributed by atoms with Gasteiger partial charge in [0.15, 0.2) is 0 Å². The Morgan fingerprint density at radius 2 is 2.00 bits per heavy atom. The SMILES string of the molecule is CCc1nn(C)cc1C(O)C1(C#N)Cc2ccccc2C1. The first-order chi connectivity index (χ1) is 10.1. The molecule has 1 N–H and O–H groups in total. The summed E-state index contributed by atoms with van der Waals surface area (Å²) >= 11 is 0. The van der Waals surface area contributed by atoms with Crippen molar-refractivity contribution in [3.63, 3.8) is 0 Å². The zero-order valence-electron chi connectivity index (χ0n) is 12.4. The number of benzene rings is 1. The standard InChI is InChI=1S/C17H19N3O/c1-3-15-14(10-20(2)19-15)16(21)17(11-18)8-12-6-4-5-7-13(12)9-17/h4-7,10,16,21H,3,8-9H2,1-2H3.